The fourth-order valence-corrected chi connectivity index (χ4v) is 3.14. The van der Waals surface area contributed by atoms with E-state index in [1.807, 2.05) is 36.4 Å². The zero-order chi connectivity index (χ0) is 22.9. The van der Waals surface area contributed by atoms with Gasteiger partial charge >= 0.3 is 6.09 Å². The van der Waals surface area contributed by atoms with Crippen molar-refractivity contribution in [3.8, 4) is 0 Å². The van der Waals surface area contributed by atoms with E-state index in [2.05, 4.69) is 31.9 Å². The first-order valence-corrected chi connectivity index (χ1v) is 10.8. The second-order valence-corrected chi connectivity index (χ2v) is 8.88. The Morgan fingerprint density at radius 3 is 2.42 bits per heavy atom. The van der Waals surface area contributed by atoms with Crippen LogP contribution in [-0.2, 0) is 27.3 Å². The number of anilines is 1. The first-order valence-electron chi connectivity index (χ1n) is 9.98. The highest BCUT2D eigenvalue weighted by molar-refractivity contribution is 9.10. The Kier molecular flexibility index (Phi) is 9.05. The summed E-state index contributed by atoms with van der Waals surface area (Å²) in [4.78, 5) is 36.2. The third kappa shape index (κ3) is 9.65. The molecule has 2 rings (SSSR count). The number of para-hydroxylation sites is 1. The molecular weight excluding hydrogens is 462 g/mol. The Bertz CT molecular complexity index is 925. The van der Waals surface area contributed by atoms with E-state index < -0.39 is 11.7 Å². The molecule has 3 amide bonds. The molecule has 0 heterocycles. The first kappa shape index (κ1) is 24.4. The Morgan fingerprint density at radius 1 is 0.968 bits per heavy atom. The summed E-state index contributed by atoms with van der Waals surface area (Å²) in [6, 6.07) is 14.8. The fourth-order valence-electron chi connectivity index (χ4n) is 2.69. The van der Waals surface area contributed by atoms with E-state index in [-0.39, 0.29) is 31.2 Å². The van der Waals surface area contributed by atoms with Crippen LogP contribution in [0.1, 0.15) is 38.3 Å². The summed E-state index contributed by atoms with van der Waals surface area (Å²) in [5.74, 6) is -0.357. The summed E-state index contributed by atoms with van der Waals surface area (Å²) in [6.07, 6.45) is -0.193. The zero-order valence-corrected chi connectivity index (χ0v) is 19.5. The summed E-state index contributed by atoms with van der Waals surface area (Å²) in [7, 11) is 0. The van der Waals surface area contributed by atoms with Gasteiger partial charge in [0.15, 0.2) is 0 Å². The maximum atomic E-state index is 12.3. The van der Waals surface area contributed by atoms with Crippen molar-refractivity contribution in [2.45, 2.75) is 45.8 Å². The van der Waals surface area contributed by atoms with E-state index in [1.165, 1.54) is 0 Å². The molecule has 0 spiro atoms. The van der Waals surface area contributed by atoms with Gasteiger partial charge < -0.3 is 20.7 Å². The van der Waals surface area contributed by atoms with Crippen LogP contribution in [0.3, 0.4) is 0 Å². The Hall–Kier alpha value is -2.87. The van der Waals surface area contributed by atoms with Crippen molar-refractivity contribution in [1.29, 1.82) is 0 Å². The quantitative estimate of drug-likeness (QED) is 0.518. The number of benzene rings is 2. The molecule has 166 valence electrons. The molecule has 0 aromatic heterocycles. The number of carbonyl (C=O) groups is 3. The van der Waals surface area contributed by atoms with Crippen molar-refractivity contribution >= 4 is 39.5 Å². The average Bonchev–Trinajstić information content (AvgIpc) is 2.66. The van der Waals surface area contributed by atoms with Gasteiger partial charge in [0, 0.05) is 29.7 Å². The maximum Gasteiger partial charge on any atom is 0.407 e. The third-order valence-corrected chi connectivity index (χ3v) is 4.53. The lowest BCUT2D eigenvalue weighted by Gasteiger charge is -2.19. The lowest BCUT2D eigenvalue weighted by molar-refractivity contribution is -0.120. The van der Waals surface area contributed by atoms with Gasteiger partial charge in [-0.1, -0.05) is 46.3 Å². The maximum absolute atomic E-state index is 12.3. The van der Waals surface area contributed by atoms with Gasteiger partial charge in [-0.2, -0.15) is 0 Å². The molecule has 2 aromatic carbocycles. The van der Waals surface area contributed by atoms with Crippen LogP contribution in [0.4, 0.5) is 10.5 Å². The number of nitrogens with one attached hydrogen (secondary N) is 3. The lowest BCUT2D eigenvalue weighted by atomic mass is 10.1. The summed E-state index contributed by atoms with van der Waals surface area (Å²) < 4.78 is 6.06. The third-order valence-electron chi connectivity index (χ3n) is 4.04. The van der Waals surface area contributed by atoms with Gasteiger partial charge in [-0.3, -0.25) is 9.59 Å². The molecule has 0 aliphatic heterocycles. The fraction of sp³-hybridized carbons (Fsp3) is 0.348. The molecule has 0 saturated carbocycles. The summed E-state index contributed by atoms with van der Waals surface area (Å²) in [6.45, 7) is 5.76. The van der Waals surface area contributed by atoms with E-state index in [0.29, 0.717) is 12.2 Å². The van der Waals surface area contributed by atoms with E-state index in [4.69, 9.17) is 4.74 Å². The van der Waals surface area contributed by atoms with Crippen LogP contribution in [0.2, 0.25) is 0 Å². The molecule has 0 unspecified atom stereocenters. The molecule has 0 radical (unpaired) electrons. The normalized spacial score (nSPS) is 10.8. The minimum absolute atomic E-state index is 0.100. The standard InChI is InChI=1S/C23H28BrN3O4/c1-23(2,3)31-22(30)25-12-11-20(28)27-19-10-5-4-8-17(19)15-26-21(29)14-16-7-6-9-18(24)13-16/h4-10,13H,11-12,14-15H2,1-3H3,(H,25,30)(H,26,29)(H,27,28). The van der Waals surface area contributed by atoms with Crippen molar-refractivity contribution in [2.75, 3.05) is 11.9 Å². The molecule has 2 aromatic rings. The molecule has 0 atom stereocenters. The van der Waals surface area contributed by atoms with Crippen LogP contribution in [-0.4, -0.2) is 30.1 Å². The van der Waals surface area contributed by atoms with Crippen molar-refractivity contribution in [1.82, 2.24) is 10.6 Å². The van der Waals surface area contributed by atoms with Crippen LogP contribution in [0.25, 0.3) is 0 Å². The number of ether oxygens (including phenoxy) is 1. The monoisotopic (exact) mass is 489 g/mol. The van der Waals surface area contributed by atoms with E-state index in [9.17, 15) is 14.4 Å². The minimum Gasteiger partial charge on any atom is -0.444 e. The summed E-state index contributed by atoms with van der Waals surface area (Å²) >= 11 is 3.40. The predicted octanol–water partition coefficient (Wildman–Crippen LogP) is 4.16. The molecular formula is C23H28BrN3O4. The summed E-state index contributed by atoms with van der Waals surface area (Å²) in [5, 5.41) is 8.26. The van der Waals surface area contributed by atoms with Gasteiger partial charge in [0.25, 0.3) is 0 Å². The van der Waals surface area contributed by atoms with Gasteiger partial charge in [0.2, 0.25) is 11.8 Å². The molecule has 7 nitrogen and oxygen atoms in total. The predicted molar refractivity (Wildman–Crippen MR) is 124 cm³/mol. The lowest BCUT2D eigenvalue weighted by Crippen LogP contribution is -2.34. The number of rotatable bonds is 8. The molecule has 3 N–H and O–H groups in total. The van der Waals surface area contributed by atoms with Crippen LogP contribution in [0.15, 0.2) is 53.0 Å². The molecule has 0 aliphatic carbocycles. The van der Waals surface area contributed by atoms with Crippen molar-refractivity contribution in [2.24, 2.45) is 0 Å². The Balaban J connectivity index is 1.82. The van der Waals surface area contributed by atoms with E-state index in [1.54, 1.807) is 32.9 Å². The number of alkyl carbamates (subject to hydrolysis) is 1. The number of hydrogen-bond acceptors (Lipinski definition) is 4. The van der Waals surface area contributed by atoms with E-state index >= 15 is 0 Å². The Labute approximate surface area is 191 Å². The van der Waals surface area contributed by atoms with Crippen LogP contribution in [0, 0.1) is 0 Å². The SMILES string of the molecule is CC(C)(C)OC(=O)NCCC(=O)Nc1ccccc1CNC(=O)Cc1cccc(Br)c1. The Morgan fingerprint density at radius 2 is 1.71 bits per heavy atom. The molecule has 0 aliphatic rings. The zero-order valence-electron chi connectivity index (χ0n) is 18.0. The number of carbonyl (C=O) groups excluding carboxylic acids is 3. The number of amides is 3. The van der Waals surface area contributed by atoms with Crippen LogP contribution >= 0.6 is 15.9 Å². The first-order chi connectivity index (χ1) is 14.6. The van der Waals surface area contributed by atoms with Gasteiger partial charge in [-0.25, -0.2) is 4.79 Å². The van der Waals surface area contributed by atoms with Crippen molar-refractivity contribution in [3.05, 3.63) is 64.1 Å². The highest BCUT2D eigenvalue weighted by Crippen LogP contribution is 2.16. The topological polar surface area (TPSA) is 96.5 Å². The smallest absolute Gasteiger partial charge is 0.407 e. The second-order valence-electron chi connectivity index (χ2n) is 7.97. The van der Waals surface area contributed by atoms with Crippen molar-refractivity contribution in [3.63, 3.8) is 0 Å². The minimum atomic E-state index is -0.591. The highest BCUT2D eigenvalue weighted by atomic mass is 79.9. The molecule has 0 fully saturated rings. The molecule has 8 heteroatoms. The molecule has 31 heavy (non-hydrogen) atoms. The van der Waals surface area contributed by atoms with E-state index in [0.717, 1.165) is 15.6 Å². The number of hydrogen-bond donors (Lipinski definition) is 3. The largest absolute Gasteiger partial charge is 0.444 e. The van der Waals surface area contributed by atoms with Crippen LogP contribution < -0.4 is 16.0 Å². The highest BCUT2D eigenvalue weighted by Gasteiger charge is 2.16. The second kappa shape index (κ2) is 11.5. The average molecular weight is 490 g/mol. The number of halogens is 1. The van der Waals surface area contributed by atoms with Crippen LogP contribution in [0.5, 0.6) is 0 Å². The van der Waals surface area contributed by atoms with Gasteiger partial charge in [-0.15, -0.1) is 0 Å². The summed E-state index contributed by atoms with van der Waals surface area (Å²) in [5.41, 5.74) is 1.73. The van der Waals surface area contributed by atoms with Gasteiger partial charge in [0.1, 0.15) is 5.60 Å². The van der Waals surface area contributed by atoms with Gasteiger partial charge in [0.05, 0.1) is 6.42 Å². The van der Waals surface area contributed by atoms with Crippen molar-refractivity contribution < 1.29 is 19.1 Å². The van der Waals surface area contributed by atoms with Gasteiger partial charge in [-0.05, 0) is 50.1 Å². The molecule has 0 bridgehead atoms. The molecule has 0 saturated heterocycles.